The van der Waals surface area contributed by atoms with Gasteiger partial charge in [0.05, 0.1) is 5.54 Å². The summed E-state index contributed by atoms with van der Waals surface area (Å²) in [5.41, 5.74) is 0.466. The SMILES string of the molecule is CC1(C(=O)Nc2ccccc2)CCCN1. The van der Waals surface area contributed by atoms with Crippen LogP contribution in [0.25, 0.3) is 0 Å². The molecule has 0 radical (unpaired) electrons. The van der Waals surface area contributed by atoms with Gasteiger partial charge in [-0.15, -0.1) is 0 Å². The van der Waals surface area contributed by atoms with Gasteiger partial charge in [-0.3, -0.25) is 4.79 Å². The smallest absolute Gasteiger partial charge is 0.244 e. The summed E-state index contributed by atoms with van der Waals surface area (Å²) in [7, 11) is 0. The van der Waals surface area contributed by atoms with Crippen LogP contribution >= 0.6 is 0 Å². The molecule has 1 atom stereocenters. The molecule has 1 aromatic carbocycles. The molecule has 0 saturated carbocycles. The summed E-state index contributed by atoms with van der Waals surface area (Å²) in [5, 5.41) is 6.16. The zero-order chi connectivity index (χ0) is 10.7. The maximum Gasteiger partial charge on any atom is 0.244 e. The number of carbonyl (C=O) groups excluding carboxylic acids is 1. The highest BCUT2D eigenvalue weighted by Crippen LogP contribution is 2.20. The van der Waals surface area contributed by atoms with E-state index in [4.69, 9.17) is 0 Å². The second kappa shape index (κ2) is 4.03. The number of rotatable bonds is 2. The van der Waals surface area contributed by atoms with E-state index >= 15 is 0 Å². The highest BCUT2D eigenvalue weighted by molar-refractivity contribution is 5.98. The Labute approximate surface area is 89.9 Å². The molecule has 1 fully saturated rings. The Morgan fingerprint density at radius 3 is 2.73 bits per heavy atom. The molecule has 1 aliphatic rings. The van der Waals surface area contributed by atoms with Gasteiger partial charge in [0.15, 0.2) is 0 Å². The first-order valence-corrected chi connectivity index (χ1v) is 5.32. The van der Waals surface area contributed by atoms with Crippen molar-refractivity contribution in [2.75, 3.05) is 11.9 Å². The molecule has 1 aromatic rings. The summed E-state index contributed by atoms with van der Waals surface area (Å²) in [4.78, 5) is 12.0. The summed E-state index contributed by atoms with van der Waals surface area (Å²) in [5.74, 6) is 0.0613. The Morgan fingerprint density at radius 1 is 1.40 bits per heavy atom. The minimum Gasteiger partial charge on any atom is -0.324 e. The van der Waals surface area contributed by atoms with Crippen molar-refractivity contribution in [1.82, 2.24) is 5.32 Å². The van der Waals surface area contributed by atoms with E-state index in [0.29, 0.717) is 0 Å². The van der Waals surface area contributed by atoms with Gasteiger partial charge in [0, 0.05) is 5.69 Å². The summed E-state index contributed by atoms with van der Waals surface area (Å²) in [6.45, 7) is 2.89. The Bertz CT molecular complexity index is 342. The van der Waals surface area contributed by atoms with Gasteiger partial charge in [-0.05, 0) is 38.4 Å². The maximum absolute atomic E-state index is 12.0. The highest BCUT2D eigenvalue weighted by Gasteiger charge is 2.35. The molecule has 1 saturated heterocycles. The van der Waals surface area contributed by atoms with Crippen molar-refractivity contribution < 1.29 is 4.79 Å². The van der Waals surface area contributed by atoms with E-state index < -0.39 is 5.54 Å². The van der Waals surface area contributed by atoms with Crippen LogP contribution in [-0.4, -0.2) is 18.0 Å². The lowest BCUT2D eigenvalue weighted by Gasteiger charge is -2.22. The average Bonchev–Trinajstić information content (AvgIpc) is 2.68. The van der Waals surface area contributed by atoms with Crippen molar-refractivity contribution in [2.24, 2.45) is 0 Å². The molecule has 80 valence electrons. The normalized spacial score (nSPS) is 25.1. The fourth-order valence-electron chi connectivity index (χ4n) is 1.88. The fourth-order valence-corrected chi connectivity index (χ4v) is 1.88. The molecule has 1 aliphatic heterocycles. The molecule has 2 N–H and O–H groups in total. The third-order valence-electron chi connectivity index (χ3n) is 2.90. The molecule has 1 amide bonds. The number of hydrogen-bond donors (Lipinski definition) is 2. The molecule has 1 unspecified atom stereocenters. The van der Waals surface area contributed by atoms with Crippen LogP contribution in [0.4, 0.5) is 5.69 Å². The average molecular weight is 204 g/mol. The van der Waals surface area contributed by atoms with Gasteiger partial charge in [-0.2, -0.15) is 0 Å². The van der Waals surface area contributed by atoms with Crippen LogP contribution in [0.5, 0.6) is 0 Å². The van der Waals surface area contributed by atoms with Crippen molar-refractivity contribution in [1.29, 1.82) is 0 Å². The third kappa shape index (κ3) is 2.18. The minimum absolute atomic E-state index is 0.0613. The summed E-state index contributed by atoms with van der Waals surface area (Å²) >= 11 is 0. The van der Waals surface area contributed by atoms with E-state index in [-0.39, 0.29) is 5.91 Å². The van der Waals surface area contributed by atoms with Gasteiger partial charge in [0.2, 0.25) is 5.91 Å². The lowest BCUT2D eigenvalue weighted by molar-refractivity contribution is -0.121. The lowest BCUT2D eigenvalue weighted by Crippen LogP contribution is -2.47. The molecule has 0 aliphatic carbocycles. The molecular weight excluding hydrogens is 188 g/mol. The minimum atomic E-state index is -0.393. The number of carbonyl (C=O) groups is 1. The lowest BCUT2D eigenvalue weighted by atomic mass is 9.99. The van der Waals surface area contributed by atoms with Gasteiger partial charge < -0.3 is 10.6 Å². The Hall–Kier alpha value is -1.35. The zero-order valence-electron chi connectivity index (χ0n) is 8.92. The maximum atomic E-state index is 12.0. The highest BCUT2D eigenvalue weighted by atomic mass is 16.2. The molecule has 0 aromatic heterocycles. The quantitative estimate of drug-likeness (QED) is 0.770. The predicted octanol–water partition coefficient (Wildman–Crippen LogP) is 1.77. The summed E-state index contributed by atoms with van der Waals surface area (Å²) in [6.07, 6.45) is 1.98. The Kier molecular flexibility index (Phi) is 2.73. The standard InChI is InChI=1S/C12H16N2O/c1-12(8-5-9-13-12)11(15)14-10-6-3-2-4-7-10/h2-4,6-7,13H,5,8-9H2,1H3,(H,14,15). The van der Waals surface area contributed by atoms with Crippen molar-refractivity contribution in [3.8, 4) is 0 Å². The zero-order valence-corrected chi connectivity index (χ0v) is 8.92. The van der Waals surface area contributed by atoms with Gasteiger partial charge in [0.25, 0.3) is 0 Å². The van der Waals surface area contributed by atoms with Crippen molar-refractivity contribution >= 4 is 11.6 Å². The molecule has 3 heteroatoms. The molecule has 2 rings (SSSR count). The fraction of sp³-hybridized carbons (Fsp3) is 0.417. The first-order chi connectivity index (χ1) is 7.21. The molecule has 0 spiro atoms. The van der Waals surface area contributed by atoms with Crippen LogP contribution < -0.4 is 10.6 Å². The van der Waals surface area contributed by atoms with Gasteiger partial charge in [-0.25, -0.2) is 0 Å². The van der Waals surface area contributed by atoms with Crippen molar-refractivity contribution in [3.63, 3.8) is 0 Å². The van der Waals surface area contributed by atoms with E-state index in [9.17, 15) is 4.79 Å². The van der Waals surface area contributed by atoms with Gasteiger partial charge in [-0.1, -0.05) is 18.2 Å². The largest absolute Gasteiger partial charge is 0.324 e. The Balaban J connectivity index is 2.04. The van der Waals surface area contributed by atoms with Crippen molar-refractivity contribution in [3.05, 3.63) is 30.3 Å². The predicted molar refractivity (Wildman–Crippen MR) is 60.7 cm³/mol. The molecule has 1 heterocycles. The second-order valence-electron chi connectivity index (χ2n) is 4.18. The van der Waals surface area contributed by atoms with Gasteiger partial charge in [0.1, 0.15) is 0 Å². The van der Waals surface area contributed by atoms with Crippen LogP contribution in [0.1, 0.15) is 19.8 Å². The van der Waals surface area contributed by atoms with Crippen molar-refractivity contribution in [2.45, 2.75) is 25.3 Å². The number of amides is 1. The van der Waals surface area contributed by atoms with Crippen LogP contribution in [-0.2, 0) is 4.79 Å². The van der Waals surface area contributed by atoms with Gasteiger partial charge >= 0.3 is 0 Å². The Morgan fingerprint density at radius 2 is 2.13 bits per heavy atom. The van der Waals surface area contributed by atoms with E-state index in [1.165, 1.54) is 0 Å². The first kappa shape index (κ1) is 10.2. The number of para-hydroxylation sites is 1. The molecule has 0 bridgehead atoms. The summed E-state index contributed by atoms with van der Waals surface area (Å²) in [6, 6.07) is 9.57. The van der Waals surface area contributed by atoms with E-state index in [0.717, 1.165) is 25.1 Å². The molecule has 15 heavy (non-hydrogen) atoms. The summed E-state index contributed by atoms with van der Waals surface area (Å²) < 4.78 is 0. The second-order valence-corrected chi connectivity index (χ2v) is 4.18. The van der Waals surface area contributed by atoms with E-state index in [1.807, 2.05) is 37.3 Å². The first-order valence-electron chi connectivity index (χ1n) is 5.32. The van der Waals surface area contributed by atoms with Crippen LogP contribution in [0, 0.1) is 0 Å². The third-order valence-corrected chi connectivity index (χ3v) is 2.90. The molecule has 3 nitrogen and oxygen atoms in total. The topological polar surface area (TPSA) is 41.1 Å². The van der Waals surface area contributed by atoms with Crippen LogP contribution in [0.15, 0.2) is 30.3 Å². The van der Waals surface area contributed by atoms with E-state index in [1.54, 1.807) is 0 Å². The van der Waals surface area contributed by atoms with E-state index in [2.05, 4.69) is 10.6 Å². The van der Waals surface area contributed by atoms with Crippen LogP contribution in [0.3, 0.4) is 0 Å². The number of hydrogen-bond acceptors (Lipinski definition) is 2. The number of anilines is 1. The number of benzene rings is 1. The molecular formula is C12H16N2O. The monoisotopic (exact) mass is 204 g/mol. The number of nitrogens with one attached hydrogen (secondary N) is 2. The van der Waals surface area contributed by atoms with Crippen LogP contribution in [0.2, 0.25) is 0 Å².